The number of ether oxygens (including phenoxy) is 3. The van der Waals surface area contributed by atoms with Crippen molar-refractivity contribution in [2.45, 2.75) is 25.4 Å². The second-order valence-corrected chi connectivity index (χ2v) is 5.87. The van der Waals surface area contributed by atoms with Crippen molar-refractivity contribution in [1.82, 2.24) is 19.9 Å². The zero-order valence-electron chi connectivity index (χ0n) is 13.6. The Hall–Kier alpha value is -2.55. The van der Waals surface area contributed by atoms with Crippen molar-refractivity contribution in [1.29, 1.82) is 0 Å². The van der Waals surface area contributed by atoms with Gasteiger partial charge in [-0.1, -0.05) is 30.3 Å². The van der Waals surface area contributed by atoms with Crippen LogP contribution in [0.2, 0.25) is 0 Å². The topological polar surface area (TPSA) is 108 Å². The van der Waals surface area contributed by atoms with E-state index in [2.05, 4.69) is 19.9 Å². The fourth-order valence-corrected chi connectivity index (χ4v) is 2.76. The van der Waals surface area contributed by atoms with Gasteiger partial charge in [-0.3, -0.25) is 0 Å². The lowest BCUT2D eigenvalue weighted by Gasteiger charge is -2.11. The third-order valence-corrected chi connectivity index (χ3v) is 3.97. The van der Waals surface area contributed by atoms with E-state index >= 15 is 0 Å². The molecule has 130 valence electrons. The molecule has 0 aliphatic carbocycles. The van der Waals surface area contributed by atoms with Crippen LogP contribution < -0.4 is 5.73 Å². The van der Waals surface area contributed by atoms with Gasteiger partial charge in [0.25, 0.3) is 0 Å². The molecule has 3 N–H and O–H groups in total. The molecule has 8 nitrogen and oxygen atoms in total. The van der Waals surface area contributed by atoms with Crippen LogP contribution in [0.3, 0.4) is 0 Å². The Balaban J connectivity index is 1.28. The van der Waals surface area contributed by atoms with Crippen molar-refractivity contribution in [2.75, 3.05) is 18.9 Å². The van der Waals surface area contributed by atoms with Gasteiger partial charge in [-0.05, 0) is 5.56 Å². The average Bonchev–Trinajstić information content (AvgIpc) is 3.24. The van der Waals surface area contributed by atoms with E-state index in [0.717, 1.165) is 11.4 Å². The summed E-state index contributed by atoms with van der Waals surface area (Å²) in [4.78, 5) is 15.6. The van der Waals surface area contributed by atoms with E-state index in [-0.39, 0.29) is 12.4 Å². The molecule has 3 aromatic rings. The predicted octanol–water partition coefficient (Wildman–Crippen LogP) is 1.44. The van der Waals surface area contributed by atoms with Crippen LogP contribution in [0, 0.1) is 0 Å². The number of aromatic nitrogens is 4. The minimum atomic E-state index is -0.358. The average molecular weight is 341 g/mol. The Labute approximate surface area is 144 Å². The number of nitrogens with zero attached hydrogens (tertiary/aromatic N) is 3. The maximum atomic E-state index is 5.86. The molecule has 0 spiro atoms. The van der Waals surface area contributed by atoms with Gasteiger partial charge in [-0.2, -0.15) is 0 Å². The number of nitrogen functional groups attached to an aromatic ring is 1. The van der Waals surface area contributed by atoms with Crippen LogP contribution >= 0.6 is 0 Å². The van der Waals surface area contributed by atoms with Gasteiger partial charge in [-0.25, -0.2) is 15.0 Å². The predicted molar refractivity (Wildman–Crippen MR) is 90.5 cm³/mol. The first kappa shape index (κ1) is 15.9. The number of anilines is 1. The Bertz CT molecular complexity index is 839. The highest BCUT2D eigenvalue weighted by Gasteiger charge is 2.27. The van der Waals surface area contributed by atoms with Crippen LogP contribution in [0.5, 0.6) is 0 Å². The number of H-pyrrole nitrogens is 1. The van der Waals surface area contributed by atoms with Gasteiger partial charge in [0.1, 0.15) is 17.7 Å². The van der Waals surface area contributed by atoms with Crippen molar-refractivity contribution in [3.05, 3.63) is 48.0 Å². The van der Waals surface area contributed by atoms with Crippen LogP contribution in [0.25, 0.3) is 11.2 Å². The SMILES string of the molecule is Nc1ncnc2nc(C[C@@H]3CO[C@@H](COCc4ccccc4)O3)[nH]c12. The molecular weight excluding hydrogens is 322 g/mol. The van der Waals surface area contributed by atoms with E-state index in [9.17, 15) is 0 Å². The van der Waals surface area contributed by atoms with Gasteiger partial charge in [0.15, 0.2) is 17.8 Å². The molecule has 1 aliphatic rings. The van der Waals surface area contributed by atoms with E-state index < -0.39 is 0 Å². The number of rotatable bonds is 6. The maximum absolute atomic E-state index is 5.86. The minimum absolute atomic E-state index is 0.0833. The monoisotopic (exact) mass is 341 g/mol. The van der Waals surface area contributed by atoms with E-state index in [1.165, 1.54) is 6.33 Å². The fraction of sp³-hybridized carbons (Fsp3) is 0.353. The van der Waals surface area contributed by atoms with E-state index in [1.807, 2.05) is 30.3 Å². The molecule has 0 saturated carbocycles. The molecule has 4 rings (SSSR count). The lowest BCUT2D eigenvalue weighted by atomic mass is 10.2. The summed E-state index contributed by atoms with van der Waals surface area (Å²) in [5.74, 6) is 1.14. The Morgan fingerprint density at radius 3 is 2.96 bits per heavy atom. The Morgan fingerprint density at radius 2 is 2.12 bits per heavy atom. The van der Waals surface area contributed by atoms with Gasteiger partial charge < -0.3 is 24.9 Å². The molecular formula is C17H19N5O3. The summed E-state index contributed by atoms with van der Waals surface area (Å²) in [6, 6.07) is 10.0. The van der Waals surface area contributed by atoms with Crippen molar-refractivity contribution in [2.24, 2.45) is 0 Å². The molecule has 25 heavy (non-hydrogen) atoms. The molecule has 2 aromatic heterocycles. The number of hydrogen-bond acceptors (Lipinski definition) is 7. The fourth-order valence-electron chi connectivity index (χ4n) is 2.76. The highest BCUT2D eigenvalue weighted by atomic mass is 16.7. The molecule has 3 heterocycles. The van der Waals surface area contributed by atoms with E-state index in [4.69, 9.17) is 19.9 Å². The second kappa shape index (κ2) is 7.14. The van der Waals surface area contributed by atoms with E-state index in [0.29, 0.717) is 43.2 Å². The molecule has 1 fully saturated rings. The second-order valence-electron chi connectivity index (χ2n) is 5.87. The number of benzene rings is 1. The van der Waals surface area contributed by atoms with Crippen molar-refractivity contribution in [3.63, 3.8) is 0 Å². The smallest absolute Gasteiger partial charge is 0.183 e. The van der Waals surface area contributed by atoms with Gasteiger partial charge >= 0.3 is 0 Å². The number of nitrogens with one attached hydrogen (secondary N) is 1. The number of fused-ring (bicyclic) bond motifs is 1. The summed E-state index contributed by atoms with van der Waals surface area (Å²) in [6.07, 6.45) is 1.55. The summed E-state index contributed by atoms with van der Waals surface area (Å²) in [5.41, 5.74) is 8.14. The Morgan fingerprint density at radius 1 is 1.24 bits per heavy atom. The van der Waals surface area contributed by atoms with Crippen LogP contribution in [0.4, 0.5) is 5.82 Å². The first-order valence-electron chi connectivity index (χ1n) is 8.12. The third-order valence-electron chi connectivity index (χ3n) is 3.97. The lowest BCUT2D eigenvalue weighted by Crippen LogP contribution is -2.19. The molecule has 2 atom stereocenters. The quantitative estimate of drug-likeness (QED) is 0.698. The standard InChI is InChI=1S/C17H19N5O3/c18-16-15-17(20-10-19-16)22-13(21-15)6-12-8-24-14(25-12)9-23-7-11-4-2-1-3-5-11/h1-5,10,12,14H,6-9H2,(H3,18,19,20,21,22)/t12-,14-/m1/s1. The summed E-state index contributed by atoms with van der Waals surface area (Å²) < 4.78 is 17.1. The Kier molecular flexibility index (Phi) is 4.55. The normalized spacial score (nSPS) is 20.3. The maximum Gasteiger partial charge on any atom is 0.183 e. The minimum Gasteiger partial charge on any atom is -0.382 e. The molecule has 0 unspecified atom stereocenters. The molecule has 0 bridgehead atoms. The number of hydrogen-bond donors (Lipinski definition) is 2. The van der Waals surface area contributed by atoms with Gasteiger partial charge in [-0.15, -0.1) is 0 Å². The number of nitrogens with two attached hydrogens (primary N) is 1. The van der Waals surface area contributed by atoms with Gasteiger partial charge in [0.2, 0.25) is 0 Å². The van der Waals surface area contributed by atoms with Gasteiger partial charge in [0.05, 0.1) is 25.9 Å². The molecule has 1 aliphatic heterocycles. The number of imidazole rings is 1. The zero-order chi connectivity index (χ0) is 17.1. The number of aromatic amines is 1. The van der Waals surface area contributed by atoms with Crippen molar-refractivity contribution < 1.29 is 14.2 Å². The summed E-state index contributed by atoms with van der Waals surface area (Å²) >= 11 is 0. The molecule has 8 heteroatoms. The van der Waals surface area contributed by atoms with Crippen LogP contribution in [0.15, 0.2) is 36.7 Å². The first-order valence-corrected chi connectivity index (χ1v) is 8.12. The summed E-state index contributed by atoms with van der Waals surface area (Å²) in [7, 11) is 0. The van der Waals surface area contributed by atoms with Crippen molar-refractivity contribution in [3.8, 4) is 0 Å². The molecule has 1 saturated heterocycles. The van der Waals surface area contributed by atoms with E-state index in [1.54, 1.807) is 0 Å². The molecule has 0 radical (unpaired) electrons. The largest absolute Gasteiger partial charge is 0.382 e. The zero-order valence-corrected chi connectivity index (χ0v) is 13.6. The molecule has 0 amide bonds. The third kappa shape index (κ3) is 3.76. The summed E-state index contributed by atoms with van der Waals surface area (Å²) in [5, 5.41) is 0. The van der Waals surface area contributed by atoms with Gasteiger partial charge in [0, 0.05) is 6.42 Å². The van der Waals surface area contributed by atoms with Crippen LogP contribution in [-0.4, -0.2) is 45.5 Å². The highest BCUT2D eigenvalue weighted by Crippen LogP contribution is 2.19. The lowest BCUT2D eigenvalue weighted by molar-refractivity contribution is -0.108. The highest BCUT2D eigenvalue weighted by molar-refractivity contribution is 5.80. The molecule has 1 aromatic carbocycles. The van der Waals surface area contributed by atoms with Crippen LogP contribution in [0.1, 0.15) is 11.4 Å². The first-order chi connectivity index (χ1) is 12.3. The summed E-state index contributed by atoms with van der Waals surface area (Å²) in [6.45, 7) is 1.43. The van der Waals surface area contributed by atoms with Crippen LogP contribution in [-0.2, 0) is 27.2 Å². The van der Waals surface area contributed by atoms with Crippen molar-refractivity contribution >= 4 is 17.0 Å².